The summed E-state index contributed by atoms with van der Waals surface area (Å²) in [6.45, 7) is 2.50. The molecule has 1 amide bonds. The Balaban J connectivity index is 1.28. The van der Waals surface area contributed by atoms with Crippen molar-refractivity contribution in [2.75, 3.05) is 24.5 Å². The molecule has 3 heterocycles. The molecule has 0 spiro atoms. The van der Waals surface area contributed by atoms with E-state index in [0.29, 0.717) is 26.1 Å². The molecule has 0 aliphatic carbocycles. The Labute approximate surface area is 180 Å². The largest absolute Gasteiger partial charge is 0.356 e. The van der Waals surface area contributed by atoms with Crippen LogP contribution in [-0.4, -0.2) is 45.5 Å². The van der Waals surface area contributed by atoms with Crippen molar-refractivity contribution in [3.63, 3.8) is 0 Å². The molecule has 1 atom stereocenters. The number of piperidine rings is 1. The first-order valence-corrected chi connectivity index (χ1v) is 10.6. The molecular weight excluding hydrogens is 392 g/mol. The first kappa shape index (κ1) is 20.7. The van der Waals surface area contributed by atoms with Crippen molar-refractivity contribution in [3.8, 4) is 11.3 Å². The molecule has 31 heavy (non-hydrogen) atoms. The van der Waals surface area contributed by atoms with E-state index in [-0.39, 0.29) is 17.4 Å². The normalized spacial score (nSPS) is 16.1. The van der Waals surface area contributed by atoms with Crippen LogP contribution in [0.2, 0.25) is 0 Å². The Morgan fingerprint density at radius 1 is 1.06 bits per heavy atom. The molecule has 1 saturated heterocycles. The second kappa shape index (κ2) is 9.97. The number of aromatic nitrogens is 4. The molecule has 1 N–H and O–H groups in total. The summed E-state index contributed by atoms with van der Waals surface area (Å²) >= 11 is 0. The van der Waals surface area contributed by atoms with Crippen LogP contribution >= 0.6 is 0 Å². The van der Waals surface area contributed by atoms with E-state index in [2.05, 4.69) is 25.5 Å². The smallest absolute Gasteiger partial charge is 0.266 e. The molecule has 0 saturated carbocycles. The van der Waals surface area contributed by atoms with Gasteiger partial charge in [-0.1, -0.05) is 30.3 Å². The van der Waals surface area contributed by atoms with Gasteiger partial charge in [0.2, 0.25) is 5.91 Å². The first-order valence-electron chi connectivity index (χ1n) is 10.6. The second-order valence-electron chi connectivity index (χ2n) is 7.66. The molecule has 8 nitrogen and oxygen atoms in total. The summed E-state index contributed by atoms with van der Waals surface area (Å²) in [5.74, 6) is 0.764. The average molecular weight is 419 g/mol. The zero-order chi connectivity index (χ0) is 21.5. The van der Waals surface area contributed by atoms with Gasteiger partial charge in [-0.05, 0) is 37.5 Å². The number of carbonyl (C=O) groups excluding carboxylic acids is 1. The summed E-state index contributed by atoms with van der Waals surface area (Å²) in [5, 5.41) is 15.8. The second-order valence-corrected chi connectivity index (χ2v) is 7.66. The molecule has 1 aromatic carbocycles. The third kappa shape index (κ3) is 5.33. The van der Waals surface area contributed by atoms with Gasteiger partial charge >= 0.3 is 0 Å². The lowest BCUT2D eigenvalue weighted by molar-refractivity contribution is -0.125. The van der Waals surface area contributed by atoms with Gasteiger partial charge in [0.15, 0.2) is 5.82 Å². The Kier molecular flexibility index (Phi) is 6.66. The number of benzene rings is 1. The zero-order valence-electron chi connectivity index (χ0n) is 17.4. The maximum atomic E-state index is 12.6. The molecule has 1 aliphatic rings. The van der Waals surface area contributed by atoms with E-state index in [9.17, 15) is 9.59 Å². The number of nitrogens with one attached hydrogen (secondary N) is 1. The summed E-state index contributed by atoms with van der Waals surface area (Å²) in [5.41, 5.74) is 1.74. The first-order chi connectivity index (χ1) is 15.2. The van der Waals surface area contributed by atoms with Crippen LogP contribution in [0.1, 0.15) is 19.3 Å². The molecule has 0 bridgehead atoms. The maximum absolute atomic E-state index is 12.6. The number of hydrogen-bond donors (Lipinski definition) is 1. The van der Waals surface area contributed by atoms with Crippen LogP contribution < -0.4 is 15.8 Å². The predicted molar refractivity (Wildman–Crippen MR) is 119 cm³/mol. The number of hydrogen-bond acceptors (Lipinski definition) is 6. The summed E-state index contributed by atoms with van der Waals surface area (Å²) in [6.07, 6.45) is 4.04. The molecular formula is C23H26N6O2. The van der Waals surface area contributed by atoms with Crippen molar-refractivity contribution < 1.29 is 4.79 Å². The molecule has 4 rings (SSSR count). The van der Waals surface area contributed by atoms with Gasteiger partial charge < -0.3 is 10.2 Å². The fourth-order valence-corrected chi connectivity index (χ4v) is 3.80. The van der Waals surface area contributed by atoms with E-state index in [1.165, 1.54) is 10.7 Å². The molecule has 1 fully saturated rings. The third-order valence-electron chi connectivity index (χ3n) is 5.47. The Morgan fingerprint density at radius 2 is 1.94 bits per heavy atom. The van der Waals surface area contributed by atoms with Crippen molar-refractivity contribution in [3.05, 3.63) is 71.1 Å². The lowest BCUT2D eigenvalue weighted by atomic mass is 9.97. The molecule has 0 radical (unpaired) electrons. The van der Waals surface area contributed by atoms with Crippen molar-refractivity contribution >= 4 is 11.7 Å². The Bertz CT molecular complexity index is 1050. The van der Waals surface area contributed by atoms with E-state index in [4.69, 9.17) is 0 Å². The van der Waals surface area contributed by atoms with Crippen molar-refractivity contribution in [2.24, 2.45) is 5.92 Å². The van der Waals surface area contributed by atoms with E-state index < -0.39 is 0 Å². The van der Waals surface area contributed by atoms with Gasteiger partial charge in [-0.15, -0.1) is 10.2 Å². The van der Waals surface area contributed by atoms with Gasteiger partial charge in [0.1, 0.15) is 0 Å². The molecule has 1 unspecified atom stereocenters. The van der Waals surface area contributed by atoms with Crippen molar-refractivity contribution in [1.82, 2.24) is 25.3 Å². The molecule has 160 valence electrons. The summed E-state index contributed by atoms with van der Waals surface area (Å²) in [4.78, 5) is 26.4. The molecule has 2 aromatic heterocycles. The Hall–Kier alpha value is -3.55. The molecule has 1 aliphatic heterocycles. The molecule has 3 aromatic rings. The van der Waals surface area contributed by atoms with E-state index >= 15 is 0 Å². The van der Waals surface area contributed by atoms with Crippen LogP contribution in [0.25, 0.3) is 11.3 Å². The predicted octanol–water partition coefficient (Wildman–Crippen LogP) is 2.12. The summed E-state index contributed by atoms with van der Waals surface area (Å²) in [6, 6.07) is 17.0. The van der Waals surface area contributed by atoms with Crippen LogP contribution in [0.5, 0.6) is 0 Å². The van der Waals surface area contributed by atoms with Gasteiger partial charge in [0, 0.05) is 44.0 Å². The van der Waals surface area contributed by atoms with Crippen LogP contribution in [0.15, 0.2) is 65.6 Å². The van der Waals surface area contributed by atoms with E-state index in [0.717, 1.165) is 36.5 Å². The quantitative estimate of drug-likeness (QED) is 0.591. The number of amides is 1. The van der Waals surface area contributed by atoms with Gasteiger partial charge in [0.25, 0.3) is 5.56 Å². The fraction of sp³-hybridized carbons (Fsp3) is 0.348. The van der Waals surface area contributed by atoms with Crippen LogP contribution in [0.4, 0.5) is 5.82 Å². The monoisotopic (exact) mass is 418 g/mol. The van der Waals surface area contributed by atoms with Crippen molar-refractivity contribution in [2.45, 2.75) is 25.8 Å². The van der Waals surface area contributed by atoms with E-state index in [1.54, 1.807) is 12.3 Å². The molecule has 8 heteroatoms. The number of anilines is 1. The minimum atomic E-state index is -0.129. The van der Waals surface area contributed by atoms with Crippen LogP contribution in [-0.2, 0) is 11.3 Å². The van der Waals surface area contributed by atoms with Crippen molar-refractivity contribution in [1.29, 1.82) is 0 Å². The lowest BCUT2D eigenvalue weighted by Gasteiger charge is -2.32. The number of carbonyl (C=O) groups is 1. The minimum Gasteiger partial charge on any atom is -0.356 e. The summed E-state index contributed by atoms with van der Waals surface area (Å²) < 4.78 is 1.41. The van der Waals surface area contributed by atoms with Gasteiger partial charge in [-0.3, -0.25) is 9.59 Å². The highest BCUT2D eigenvalue weighted by Crippen LogP contribution is 2.23. The van der Waals surface area contributed by atoms with E-state index in [1.807, 2.05) is 42.5 Å². The van der Waals surface area contributed by atoms with Gasteiger partial charge in [-0.2, -0.15) is 5.10 Å². The van der Waals surface area contributed by atoms with Gasteiger partial charge in [-0.25, -0.2) is 4.68 Å². The highest BCUT2D eigenvalue weighted by molar-refractivity contribution is 5.79. The number of aryl methyl sites for hydroxylation is 1. The lowest BCUT2D eigenvalue weighted by Crippen LogP contribution is -2.43. The average Bonchev–Trinajstić information content (AvgIpc) is 2.83. The zero-order valence-corrected chi connectivity index (χ0v) is 17.4. The Morgan fingerprint density at radius 3 is 2.71 bits per heavy atom. The topological polar surface area (TPSA) is 93.0 Å². The highest BCUT2D eigenvalue weighted by Gasteiger charge is 2.26. The van der Waals surface area contributed by atoms with Gasteiger partial charge in [0.05, 0.1) is 11.6 Å². The standard InChI is InChI=1S/C23H26N6O2/c30-22-10-4-14-25-29(22)16-6-13-24-23(31)19-9-5-15-28(17-19)21-12-11-20(26-27-21)18-7-2-1-3-8-18/h1-4,7-8,10-12,14,19H,5-6,9,13,15-17H2,(H,24,31). The SMILES string of the molecule is O=C(NCCCn1ncccc1=O)C1CCCN(c2ccc(-c3ccccc3)nn2)C1. The number of rotatable bonds is 7. The highest BCUT2D eigenvalue weighted by atomic mass is 16.2. The maximum Gasteiger partial charge on any atom is 0.266 e. The number of nitrogens with zero attached hydrogens (tertiary/aromatic N) is 5. The third-order valence-corrected chi connectivity index (χ3v) is 5.47. The van der Waals surface area contributed by atoms with Crippen LogP contribution in [0, 0.1) is 5.92 Å². The fourth-order valence-electron chi connectivity index (χ4n) is 3.80. The summed E-state index contributed by atoms with van der Waals surface area (Å²) in [7, 11) is 0. The van der Waals surface area contributed by atoms with Crippen LogP contribution in [0.3, 0.4) is 0 Å². The minimum absolute atomic E-state index is 0.0481.